The van der Waals surface area contributed by atoms with E-state index in [0.717, 1.165) is 16.7 Å². The summed E-state index contributed by atoms with van der Waals surface area (Å²) in [5.74, 6) is 0.704. The quantitative estimate of drug-likeness (QED) is 0.640. The van der Waals surface area contributed by atoms with E-state index in [2.05, 4.69) is 21.6 Å². The van der Waals surface area contributed by atoms with Gasteiger partial charge in [0.15, 0.2) is 5.16 Å². The van der Waals surface area contributed by atoms with Gasteiger partial charge < -0.3 is 4.74 Å². The number of nitrogens with zero attached hydrogens (tertiary/aromatic N) is 3. The Balaban J connectivity index is 1.69. The van der Waals surface area contributed by atoms with Crippen LogP contribution in [0.5, 0.6) is 0 Å². The number of benzene rings is 1. The molecule has 1 fully saturated rings. The van der Waals surface area contributed by atoms with Gasteiger partial charge in [-0.3, -0.25) is 9.36 Å². The average molecular weight is 371 g/mol. The first-order valence-electron chi connectivity index (χ1n) is 8.10. The van der Waals surface area contributed by atoms with Crippen LogP contribution in [0.4, 0.5) is 0 Å². The van der Waals surface area contributed by atoms with Crippen molar-refractivity contribution in [2.24, 2.45) is 0 Å². The zero-order valence-electron chi connectivity index (χ0n) is 13.7. The van der Waals surface area contributed by atoms with E-state index in [1.165, 1.54) is 16.6 Å². The van der Waals surface area contributed by atoms with Gasteiger partial charge in [-0.25, -0.2) is 0 Å². The van der Waals surface area contributed by atoms with E-state index in [9.17, 15) is 4.79 Å². The number of ether oxygens (including phenoxy) is 1. The summed E-state index contributed by atoms with van der Waals surface area (Å²) in [5, 5.41) is 11.3. The van der Waals surface area contributed by atoms with E-state index in [1.807, 2.05) is 47.9 Å². The Morgan fingerprint density at radius 1 is 1.24 bits per heavy atom. The molecule has 1 saturated heterocycles. The normalized spacial score (nSPS) is 20.0. The van der Waals surface area contributed by atoms with Crippen LogP contribution in [0.2, 0.25) is 0 Å². The maximum atomic E-state index is 12.0. The highest BCUT2D eigenvalue weighted by molar-refractivity contribution is 8.00. The number of thiophene rings is 1. The molecule has 0 aliphatic carbocycles. The third-order valence-electron chi connectivity index (χ3n) is 4.00. The van der Waals surface area contributed by atoms with Gasteiger partial charge in [-0.2, -0.15) is 0 Å². The second kappa shape index (κ2) is 7.01. The van der Waals surface area contributed by atoms with Gasteiger partial charge in [0.05, 0.1) is 0 Å². The van der Waals surface area contributed by atoms with E-state index >= 15 is 0 Å². The number of carbonyl (C=O) groups excluding carboxylic acids is 1. The van der Waals surface area contributed by atoms with Crippen LogP contribution in [0, 0.1) is 0 Å². The number of hydrogen-bond donors (Lipinski definition) is 0. The lowest BCUT2D eigenvalue weighted by Crippen LogP contribution is -2.11. The van der Waals surface area contributed by atoms with Gasteiger partial charge in [-0.15, -0.1) is 21.5 Å². The summed E-state index contributed by atoms with van der Waals surface area (Å²) in [5.41, 5.74) is 1.00. The largest absolute Gasteiger partial charge is 0.462 e. The molecule has 7 heteroatoms. The van der Waals surface area contributed by atoms with Gasteiger partial charge in [-0.1, -0.05) is 36.0 Å². The number of carbonyl (C=O) groups is 1. The van der Waals surface area contributed by atoms with Crippen molar-refractivity contribution in [1.82, 2.24) is 14.8 Å². The van der Waals surface area contributed by atoms with Crippen molar-refractivity contribution >= 4 is 29.1 Å². The molecule has 1 aromatic carbocycles. The molecular formula is C18H17N3O2S2. The molecule has 1 aliphatic rings. The molecule has 0 N–H and O–H groups in total. The molecule has 2 atom stereocenters. The summed E-state index contributed by atoms with van der Waals surface area (Å²) in [4.78, 5) is 13.2. The lowest BCUT2D eigenvalue weighted by molar-refractivity contribution is -0.140. The number of hydrogen-bond acceptors (Lipinski definition) is 6. The first kappa shape index (κ1) is 16.4. The lowest BCUT2D eigenvalue weighted by atomic mass is 10.3. The van der Waals surface area contributed by atoms with Crippen LogP contribution < -0.4 is 0 Å². The smallest absolute Gasteiger partial charge is 0.319 e. The first-order valence-corrected chi connectivity index (χ1v) is 9.86. The summed E-state index contributed by atoms with van der Waals surface area (Å²) < 4.78 is 7.31. The number of rotatable bonds is 5. The molecule has 2 aromatic heterocycles. The number of aromatic nitrogens is 3. The molecule has 3 heterocycles. The zero-order chi connectivity index (χ0) is 17.2. The molecule has 1 aliphatic heterocycles. The Morgan fingerprint density at radius 2 is 2.08 bits per heavy atom. The minimum Gasteiger partial charge on any atom is -0.462 e. The second-order valence-corrected chi connectivity index (χ2v) is 8.12. The molecule has 3 aromatic rings. The standard InChI is InChI=1S/C18H17N3O2S2/c1-12-10-15(17(22)23-12)25-18-20-19-16(11-14-8-5-9-24-14)21(18)13-6-3-2-4-7-13/h2-9,12,15H,10-11H2,1H3/t12-,15+/m0/s1. The highest BCUT2D eigenvalue weighted by Gasteiger charge is 2.34. The molecule has 0 unspecified atom stereocenters. The fourth-order valence-corrected chi connectivity index (χ4v) is 4.72. The van der Waals surface area contributed by atoms with Gasteiger partial charge in [0.1, 0.15) is 17.2 Å². The predicted molar refractivity (Wildman–Crippen MR) is 98.3 cm³/mol. The van der Waals surface area contributed by atoms with Crippen molar-refractivity contribution in [2.75, 3.05) is 0 Å². The van der Waals surface area contributed by atoms with Crippen molar-refractivity contribution in [3.63, 3.8) is 0 Å². The Kier molecular flexibility index (Phi) is 4.59. The summed E-state index contributed by atoms with van der Waals surface area (Å²) in [6.45, 7) is 1.92. The summed E-state index contributed by atoms with van der Waals surface area (Å²) in [7, 11) is 0. The SMILES string of the molecule is C[C@H]1C[C@@H](Sc2nnc(Cc3cccs3)n2-c2ccccc2)C(=O)O1. The van der Waals surface area contributed by atoms with Crippen molar-refractivity contribution in [3.05, 3.63) is 58.5 Å². The average Bonchev–Trinajstić information content (AvgIpc) is 3.32. The summed E-state index contributed by atoms with van der Waals surface area (Å²) >= 11 is 3.14. The van der Waals surface area contributed by atoms with Crippen LogP contribution in [-0.2, 0) is 16.0 Å². The van der Waals surface area contributed by atoms with Crippen LogP contribution in [0.1, 0.15) is 24.0 Å². The van der Waals surface area contributed by atoms with E-state index in [4.69, 9.17) is 4.74 Å². The van der Waals surface area contributed by atoms with Crippen molar-refractivity contribution in [3.8, 4) is 5.69 Å². The van der Waals surface area contributed by atoms with Crippen LogP contribution in [0.25, 0.3) is 5.69 Å². The Morgan fingerprint density at radius 3 is 2.76 bits per heavy atom. The fraction of sp³-hybridized carbons (Fsp3) is 0.278. The Hall–Kier alpha value is -2.12. The highest BCUT2D eigenvalue weighted by atomic mass is 32.2. The van der Waals surface area contributed by atoms with E-state index in [0.29, 0.717) is 12.8 Å². The third kappa shape index (κ3) is 3.48. The maximum Gasteiger partial charge on any atom is 0.319 e. The second-order valence-electron chi connectivity index (χ2n) is 5.92. The fourth-order valence-electron chi connectivity index (χ4n) is 2.84. The Labute approximate surface area is 154 Å². The molecule has 128 valence electrons. The number of para-hydroxylation sites is 1. The summed E-state index contributed by atoms with van der Waals surface area (Å²) in [6, 6.07) is 14.2. The molecule has 0 bridgehead atoms. The number of esters is 1. The van der Waals surface area contributed by atoms with Crippen LogP contribution in [-0.4, -0.2) is 32.1 Å². The highest BCUT2D eigenvalue weighted by Crippen LogP contribution is 2.33. The van der Waals surface area contributed by atoms with Gasteiger partial charge in [-0.05, 0) is 30.5 Å². The Bertz CT molecular complexity index is 862. The van der Waals surface area contributed by atoms with E-state index in [-0.39, 0.29) is 17.3 Å². The third-order valence-corrected chi connectivity index (χ3v) is 6.02. The molecule has 0 saturated carbocycles. The zero-order valence-corrected chi connectivity index (χ0v) is 15.3. The molecule has 25 heavy (non-hydrogen) atoms. The van der Waals surface area contributed by atoms with Crippen molar-refractivity contribution in [1.29, 1.82) is 0 Å². The minimum absolute atomic E-state index is 0.0383. The maximum absolute atomic E-state index is 12.0. The van der Waals surface area contributed by atoms with Crippen LogP contribution in [0.3, 0.4) is 0 Å². The minimum atomic E-state index is -0.226. The van der Waals surface area contributed by atoms with Gasteiger partial charge in [0.25, 0.3) is 0 Å². The molecule has 0 spiro atoms. The van der Waals surface area contributed by atoms with Crippen LogP contribution in [0.15, 0.2) is 53.0 Å². The van der Waals surface area contributed by atoms with Crippen molar-refractivity contribution in [2.45, 2.75) is 36.3 Å². The predicted octanol–water partition coefficient (Wildman–Crippen LogP) is 3.72. The van der Waals surface area contributed by atoms with E-state index < -0.39 is 0 Å². The topological polar surface area (TPSA) is 57.0 Å². The first-order chi connectivity index (χ1) is 12.2. The number of thioether (sulfide) groups is 1. The van der Waals surface area contributed by atoms with Gasteiger partial charge in [0, 0.05) is 23.4 Å². The van der Waals surface area contributed by atoms with Gasteiger partial charge >= 0.3 is 5.97 Å². The van der Waals surface area contributed by atoms with Gasteiger partial charge in [0.2, 0.25) is 0 Å². The molecule has 4 rings (SSSR count). The molecule has 5 nitrogen and oxygen atoms in total. The lowest BCUT2D eigenvalue weighted by Gasteiger charge is -2.11. The van der Waals surface area contributed by atoms with E-state index in [1.54, 1.807) is 11.3 Å². The molecule has 0 amide bonds. The van der Waals surface area contributed by atoms with Crippen LogP contribution >= 0.6 is 23.1 Å². The summed E-state index contributed by atoms with van der Waals surface area (Å²) in [6.07, 6.45) is 1.38. The molecule has 0 radical (unpaired) electrons. The number of cyclic esters (lactones) is 1. The van der Waals surface area contributed by atoms with Crippen molar-refractivity contribution < 1.29 is 9.53 Å². The monoisotopic (exact) mass is 371 g/mol. The molecular weight excluding hydrogens is 354 g/mol.